The van der Waals surface area contributed by atoms with E-state index in [-0.39, 0.29) is 0 Å². The average Bonchev–Trinajstić information content (AvgIpc) is 2.72. The molecule has 0 aliphatic rings. The third kappa shape index (κ3) is 5.08. The fraction of sp³-hybridized carbons (Fsp3) is 0.833. The molecule has 0 amide bonds. The van der Waals surface area contributed by atoms with Crippen LogP contribution < -0.4 is 5.32 Å². The monoisotopic (exact) mass is 256 g/mol. The van der Waals surface area contributed by atoms with E-state index in [1.807, 2.05) is 23.5 Å². The van der Waals surface area contributed by atoms with Crippen LogP contribution in [-0.2, 0) is 13.5 Å². The molecular weight excluding hydrogens is 232 g/mol. The van der Waals surface area contributed by atoms with Crippen LogP contribution in [0.4, 0.5) is 0 Å². The second-order valence-electron chi connectivity index (χ2n) is 4.31. The Morgan fingerprint density at radius 3 is 2.76 bits per heavy atom. The topological polar surface area (TPSA) is 42.7 Å². The highest BCUT2D eigenvalue weighted by molar-refractivity contribution is 7.99. The van der Waals surface area contributed by atoms with Gasteiger partial charge in [0.05, 0.1) is 0 Å². The lowest BCUT2D eigenvalue weighted by Crippen LogP contribution is -2.34. The van der Waals surface area contributed by atoms with Gasteiger partial charge < -0.3 is 5.32 Å². The van der Waals surface area contributed by atoms with Crippen molar-refractivity contribution in [2.45, 2.75) is 44.9 Å². The predicted octanol–water partition coefficient (Wildman–Crippen LogP) is 1.87. The van der Waals surface area contributed by atoms with E-state index in [1.54, 1.807) is 6.33 Å². The molecule has 0 spiro atoms. The fourth-order valence-electron chi connectivity index (χ4n) is 1.60. The van der Waals surface area contributed by atoms with Crippen molar-refractivity contribution in [1.29, 1.82) is 0 Å². The van der Waals surface area contributed by atoms with E-state index in [0.29, 0.717) is 6.04 Å². The molecule has 1 aromatic heterocycles. The van der Waals surface area contributed by atoms with Crippen molar-refractivity contribution in [1.82, 2.24) is 20.1 Å². The van der Waals surface area contributed by atoms with E-state index in [0.717, 1.165) is 29.8 Å². The van der Waals surface area contributed by atoms with E-state index in [4.69, 9.17) is 0 Å². The molecule has 17 heavy (non-hydrogen) atoms. The van der Waals surface area contributed by atoms with E-state index >= 15 is 0 Å². The van der Waals surface area contributed by atoms with Crippen molar-refractivity contribution in [2.75, 3.05) is 12.3 Å². The van der Waals surface area contributed by atoms with Crippen LogP contribution in [0, 0.1) is 0 Å². The highest BCUT2D eigenvalue weighted by atomic mass is 32.2. The minimum Gasteiger partial charge on any atom is -0.313 e. The molecule has 5 heteroatoms. The van der Waals surface area contributed by atoms with Gasteiger partial charge in [-0.25, -0.2) is 4.98 Å². The molecule has 0 fully saturated rings. The summed E-state index contributed by atoms with van der Waals surface area (Å²) >= 11 is 2.03. The normalized spacial score (nSPS) is 14.8. The van der Waals surface area contributed by atoms with Gasteiger partial charge in [-0.3, -0.25) is 4.68 Å². The number of likely N-dealkylation sites (N-methyl/N-ethyl adjacent to an activating group) is 1. The summed E-state index contributed by atoms with van der Waals surface area (Å²) in [6, 6.07) is 0.488. The molecule has 1 heterocycles. The van der Waals surface area contributed by atoms with Crippen molar-refractivity contribution in [3.8, 4) is 0 Å². The summed E-state index contributed by atoms with van der Waals surface area (Å²) in [4.78, 5) is 4.29. The third-order valence-corrected chi connectivity index (χ3v) is 4.38. The van der Waals surface area contributed by atoms with Gasteiger partial charge in [0, 0.05) is 30.5 Å². The number of rotatable bonds is 8. The maximum Gasteiger partial charge on any atom is 0.138 e. The smallest absolute Gasteiger partial charge is 0.138 e. The molecule has 0 bridgehead atoms. The Hall–Kier alpha value is -0.550. The molecular formula is C12H24N4S. The van der Waals surface area contributed by atoms with Crippen LogP contribution in [0.1, 0.15) is 33.0 Å². The largest absolute Gasteiger partial charge is 0.313 e. The molecule has 1 N–H and O–H groups in total. The Bertz CT molecular complexity index is 313. The lowest BCUT2D eigenvalue weighted by atomic mass is 10.2. The molecule has 1 aromatic rings. The van der Waals surface area contributed by atoms with Gasteiger partial charge in [0.25, 0.3) is 0 Å². The Morgan fingerprint density at radius 2 is 2.24 bits per heavy atom. The summed E-state index contributed by atoms with van der Waals surface area (Å²) in [5.41, 5.74) is 0. The molecule has 2 unspecified atom stereocenters. The molecule has 0 aliphatic heterocycles. The van der Waals surface area contributed by atoms with Gasteiger partial charge in [-0.1, -0.05) is 20.8 Å². The van der Waals surface area contributed by atoms with Gasteiger partial charge in [0.15, 0.2) is 0 Å². The van der Waals surface area contributed by atoms with Gasteiger partial charge in [0.2, 0.25) is 0 Å². The molecule has 98 valence electrons. The van der Waals surface area contributed by atoms with Gasteiger partial charge >= 0.3 is 0 Å². The zero-order valence-electron chi connectivity index (χ0n) is 11.3. The maximum atomic E-state index is 4.29. The SMILES string of the molecule is CCNC(CSC(C)CC)Cc1ncnn1C. The van der Waals surface area contributed by atoms with Crippen molar-refractivity contribution in [3.63, 3.8) is 0 Å². The van der Waals surface area contributed by atoms with Crippen LogP contribution >= 0.6 is 11.8 Å². The molecule has 0 saturated carbocycles. The van der Waals surface area contributed by atoms with Crippen LogP contribution in [0.5, 0.6) is 0 Å². The Labute approximate surface area is 109 Å². The van der Waals surface area contributed by atoms with Crippen LogP contribution in [0.15, 0.2) is 6.33 Å². The quantitative estimate of drug-likeness (QED) is 0.771. The first-order valence-corrected chi connectivity index (χ1v) is 7.40. The average molecular weight is 256 g/mol. The molecule has 4 nitrogen and oxygen atoms in total. The van der Waals surface area contributed by atoms with Gasteiger partial charge in [-0.05, 0) is 13.0 Å². The van der Waals surface area contributed by atoms with Crippen molar-refractivity contribution in [2.24, 2.45) is 7.05 Å². The van der Waals surface area contributed by atoms with Crippen LogP contribution in [0.25, 0.3) is 0 Å². The van der Waals surface area contributed by atoms with Crippen molar-refractivity contribution >= 4 is 11.8 Å². The number of thioether (sulfide) groups is 1. The molecule has 0 aliphatic carbocycles. The van der Waals surface area contributed by atoms with E-state index in [1.165, 1.54) is 6.42 Å². The summed E-state index contributed by atoms with van der Waals surface area (Å²) in [7, 11) is 1.95. The Morgan fingerprint density at radius 1 is 1.47 bits per heavy atom. The minimum atomic E-state index is 0.488. The predicted molar refractivity (Wildman–Crippen MR) is 74.4 cm³/mol. The number of nitrogens with one attached hydrogen (secondary N) is 1. The summed E-state index contributed by atoms with van der Waals surface area (Å²) in [5, 5.41) is 8.37. The number of aromatic nitrogens is 3. The Balaban J connectivity index is 2.45. The second-order valence-corrected chi connectivity index (χ2v) is 5.78. The first kappa shape index (κ1) is 14.5. The number of aryl methyl sites for hydroxylation is 1. The molecule has 1 rings (SSSR count). The molecule has 0 saturated heterocycles. The standard InChI is InChI=1S/C12H24N4S/c1-5-10(3)17-8-11(13-6-2)7-12-14-9-15-16(12)4/h9-11,13H,5-8H2,1-4H3. The zero-order valence-corrected chi connectivity index (χ0v) is 12.1. The molecule has 0 radical (unpaired) electrons. The summed E-state index contributed by atoms with van der Waals surface area (Å²) in [6.07, 6.45) is 3.81. The third-order valence-electron chi connectivity index (χ3n) is 2.88. The van der Waals surface area contributed by atoms with Crippen LogP contribution in [-0.4, -0.2) is 38.4 Å². The molecule has 0 aromatic carbocycles. The van der Waals surface area contributed by atoms with E-state index in [2.05, 4.69) is 36.2 Å². The Kier molecular flexibility index (Phi) is 6.58. The molecule has 2 atom stereocenters. The van der Waals surface area contributed by atoms with E-state index < -0.39 is 0 Å². The number of hydrogen-bond donors (Lipinski definition) is 1. The van der Waals surface area contributed by atoms with Crippen LogP contribution in [0.2, 0.25) is 0 Å². The van der Waals surface area contributed by atoms with Gasteiger partial charge in [0.1, 0.15) is 12.2 Å². The first-order valence-electron chi connectivity index (χ1n) is 6.35. The highest BCUT2D eigenvalue weighted by Crippen LogP contribution is 2.15. The second kappa shape index (κ2) is 7.71. The van der Waals surface area contributed by atoms with E-state index in [9.17, 15) is 0 Å². The zero-order chi connectivity index (χ0) is 12.7. The van der Waals surface area contributed by atoms with Crippen LogP contribution in [0.3, 0.4) is 0 Å². The van der Waals surface area contributed by atoms with Crippen molar-refractivity contribution in [3.05, 3.63) is 12.2 Å². The number of nitrogens with zero attached hydrogens (tertiary/aromatic N) is 3. The van der Waals surface area contributed by atoms with Gasteiger partial charge in [-0.15, -0.1) is 0 Å². The number of hydrogen-bond acceptors (Lipinski definition) is 4. The maximum absolute atomic E-state index is 4.29. The first-order chi connectivity index (χ1) is 8.17. The highest BCUT2D eigenvalue weighted by Gasteiger charge is 2.13. The summed E-state index contributed by atoms with van der Waals surface area (Å²) in [6.45, 7) is 7.68. The lowest BCUT2D eigenvalue weighted by molar-refractivity contribution is 0.541. The minimum absolute atomic E-state index is 0.488. The summed E-state index contributed by atoms with van der Waals surface area (Å²) in [5.74, 6) is 2.19. The summed E-state index contributed by atoms with van der Waals surface area (Å²) < 4.78 is 1.86. The van der Waals surface area contributed by atoms with Gasteiger partial charge in [-0.2, -0.15) is 16.9 Å². The van der Waals surface area contributed by atoms with Crippen molar-refractivity contribution < 1.29 is 0 Å². The fourth-order valence-corrected chi connectivity index (χ4v) is 2.63. The lowest BCUT2D eigenvalue weighted by Gasteiger charge is -2.18.